The first-order valence-corrected chi connectivity index (χ1v) is 3.96. The number of carbonyl (C=O) groups excluding carboxylic acids is 1. The van der Waals surface area contributed by atoms with E-state index < -0.39 is 0 Å². The van der Waals surface area contributed by atoms with Gasteiger partial charge in [-0.25, -0.2) is 0 Å². The molecule has 0 aromatic carbocycles. The van der Waals surface area contributed by atoms with Gasteiger partial charge in [-0.3, -0.25) is 4.79 Å². The molecule has 2 nitrogen and oxygen atoms in total. The molecule has 0 rings (SSSR count). The zero-order valence-corrected chi connectivity index (χ0v) is 7.40. The van der Waals surface area contributed by atoms with Gasteiger partial charge in [-0.1, -0.05) is 19.8 Å². The highest BCUT2D eigenvalue weighted by atomic mass is 16.1. The molecular weight excluding hydrogens is 138 g/mol. The van der Waals surface area contributed by atoms with Crippen LogP contribution in [0, 0.1) is 11.8 Å². The molecule has 64 valence electrons. The van der Waals surface area contributed by atoms with E-state index in [9.17, 15) is 4.79 Å². The van der Waals surface area contributed by atoms with E-state index in [0.717, 1.165) is 12.8 Å². The molecule has 0 aromatic heterocycles. The van der Waals surface area contributed by atoms with E-state index >= 15 is 0 Å². The first-order chi connectivity index (χ1) is 5.26. The number of hydrogen-bond donors (Lipinski definition) is 1. The van der Waals surface area contributed by atoms with Crippen LogP contribution in [0.2, 0.25) is 0 Å². The molecule has 0 saturated heterocycles. The van der Waals surface area contributed by atoms with Gasteiger partial charge in [0.25, 0.3) is 0 Å². The largest absolute Gasteiger partial charge is 0.310 e. The van der Waals surface area contributed by atoms with E-state index in [2.05, 4.69) is 17.2 Å². The molecule has 0 saturated carbocycles. The van der Waals surface area contributed by atoms with Crippen molar-refractivity contribution in [1.82, 2.24) is 5.32 Å². The van der Waals surface area contributed by atoms with Crippen LogP contribution in [-0.4, -0.2) is 18.9 Å². The lowest BCUT2D eigenvalue weighted by Gasteiger charge is -2.06. The van der Waals surface area contributed by atoms with E-state index in [1.54, 1.807) is 7.05 Å². The van der Waals surface area contributed by atoms with Crippen molar-refractivity contribution < 1.29 is 6.22 Å². The van der Waals surface area contributed by atoms with Gasteiger partial charge in [-0.05, 0) is 19.4 Å². The maximum Gasteiger partial charge on any atom is 0.222 e. The maximum absolute atomic E-state index is 11.1. The smallest absolute Gasteiger partial charge is 0.222 e. The van der Waals surface area contributed by atoms with Crippen molar-refractivity contribution in [3.05, 3.63) is 0 Å². The Morgan fingerprint density at radius 2 is 2.27 bits per heavy atom. The molecule has 0 bridgehead atoms. The summed E-state index contributed by atoms with van der Waals surface area (Å²) < 4.78 is 0. The molecule has 1 atom stereocenters. The minimum absolute atomic E-state index is 0. The maximum atomic E-state index is 11.1. The number of nitrogens with one attached hydrogen (secondary N) is 1. The summed E-state index contributed by atoms with van der Waals surface area (Å²) in [5.74, 6) is 5.34. The van der Waals surface area contributed by atoms with Crippen molar-refractivity contribution in [2.24, 2.45) is 0 Å². The number of carbonyl (C=O) groups is 1. The van der Waals surface area contributed by atoms with Crippen LogP contribution in [0.4, 0.5) is 0 Å². The van der Waals surface area contributed by atoms with E-state index in [-0.39, 0.29) is 13.3 Å². The summed E-state index contributed by atoms with van der Waals surface area (Å²) in [4.78, 5) is 11.1. The summed E-state index contributed by atoms with van der Waals surface area (Å²) in [5.41, 5.74) is 0. The second-order valence-electron chi connectivity index (χ2n) is 2.27. The Morgan fingerprint density at radius 3 is 2.64 bits per heavy atom. The third-order valence-corrected chi connectivity index (χ3v) is 1.46. The molecule has 0 amide bonds. The van der Waals surface area contributed by atoms with Crippen LogP contribution in [0.15, 0.2) is 0 Å². The zero-order valence-electron chi connectivity index (χ0n) is 7.40. The van der Waals surface area contributed by atoms with Gasteiger partial charge in [-0.15, -0.1) is 0 Å². The molecule has 0 aliphatic rings. The lowest BCUT2D eigenvalue weighted by Crippen LogP contribution is -2.32. The fourth-order valence-corrected chi connectivity index (χ4v) is 0.783. The highest BCUT2D eigenvalue weighted by Crippen LogP contribution is 1.90. The highest BCUT2D eigenvalue weighted by molar-refractivity contribution is 5.99. The van der Waals surface area contributed by atoms with Crippen LogP contribution in [0.25, 0.3) is 0 Å². The van der Waals surface area contributed by atoms with Gasteiger partial charge in [0.15, 0.2) is 0 Å². The zero-order chi connectivity index (χ0) is 8.69. The van der Waals surface area contributed by atoms with Crippen molar-refractivity contribution in [3.8, 4) is 11.8 Å². The summed E-state index contributed by atoms with van der Waals surface area (Å²) in [6.07, 6.45) is 1.54. The third kappa shape index (κ3) is 3.79. The Morgan fingerprint density at radius 1 is 1.64 bits per heavy atom. The Hall–Kier alpha value is -0.810. The lowest BCUT2D eigenvalue weighted by atomic mass is 10.1. The number of rotatable bonds is 3. The Balaban J connectivity index is 0. The molecule has 0 fully saturated rings. The molecule has 0 aliphatic carbocycles. The topological polar surface area (TPSA) is 29.1 Å². The third-order valence-electron chi connectivity index (χ3n) is 1.46. The average Bonchev–Trinajstić information content (AvgIpc) is 2.03. The van der Waals surface area contributed by atoms with Crippen molar-refractivity contribution in [2.45, 2.75) is 32.7 Å². The summed E-state index contributed by atoms with van der Waals surface area (Å²) in [7, 11) is 1.78. The van der Waals surface area contributed by atoms with E-state index in [1.807, 2.05) is 13.8 Å². The normalized spacial score (nSPS) is 11.5. The van der Waals surface area contributed by atoms with Crippen molar-refractivity contribution in [3.63, 3.8) is 0 Å². The molecule has 1 N–H and O–H groups in total. The van der Waals surface area contributed by atoms with Crippen LogP contribution in [0.3, 0.4) is 0 Å². The first kappa shape index (κ1) is 10.2. The molecule has 11 heavy (non-hydrogen) atoms. The van der Waals surface area contributed by atoms with E-state index in [4.69, 9.17) is 0 Å². The SMILES string of the molecule is CCC#CC(=O)[C@@H](CC)NC.[HH]. The lowest BCUT2D eigenvalue weighted by molar-refractivity contribution is -0.115. The molecule has 0 aromatic rings. The van der Waals surface area contributed by atoms with E-state index in [0.29, 0.717) is 0 Å². The Kier molecular flexibility index (Phi) is 5.50. The second kappa shape index (κ2) is 5.94. The number of Topliss-reactive ketones (excluding diaryl/α,β-unsaturated/α-hetero) is 1. The predicted molar refractivity (Wildman–Crippen MR) is 48.3 cm³/mol. The van der Waals surface area contributed by atoms with Gasteiger partial charge in [0, 0.05) is 7.85 Å². The van der Waals surface area contributed by atoms with Crippen LogP contribution >= 0.6 is 0 Å². The summed E-state index contributed by atoms with van der Waals surface area (Å²) in [6.45, 7) is 3.90. The van der Waals surface area contributed by atoms with Gasteiger partial charge in [-0.2, -0.15) is 0 Å². The average molecular weight is 155 g/mol. The molecule has 0 aliphatic heterocycles. The summed E-state index contributed by atoms with van der Waals surface area (Å²) >= 11 is 0. The quantitative estimate of drug-likeness (QED) is 0.490. The minimum Gasteiger partial charge on any atom is -0.310 e. The molecular formula is C9H17NO. The van der Waals surface area contributed by atoms with Gasteiger partial charge in [0.2, 0.25) is 5.78 Å². The van der Waals surface area contributed by atoms with Gasteiger partial charge >= 0.3 is 0 Å². The molecule has 0 radical (unpaired) electrons. The molecule has 0 spiro atoms. The number of hydrogen-bond acceptors (Lipinski definition) is 2. The second-order valence-corrected chi connectivity index (χ2v) is 2.27. The Bertz CT molecular complexity index is 177. The predicted octanol–water partition coefficient (Wildman–Crippen LogP) is 1.21. The van der Waals surface area contributed by atoms with Crippen LogP contribution in [-0.2, 0) is 4.79 Å². The standard InChI is InChI=1S/C9H15NO.H2/c1-4-6-7-9(11)8(5-2)10-3;/h8,10H,4-5H2,1-3H3;1H/t8-;/m1./s1. The summed E-state index contributed by atoms with van der Waals surface area (Å²) in [5, 5.41) is 2.91. The van der Waals surface area contributed by atoms with Crippen LogP contribution in [0.1, 0.15) is 28.1 Å². The van der Waals surface area contributed by atoms with Crippen molar-refractivity contribution >= 4 is 5.78 Å². The minimum atomic E-state index is -0.0888. The number of ketones is 1. The van der Waals surface area contributed by atoms with Gasteiger partial charge in [0.05, 0.1) is 6.04 Å². The first-order valence-electron chi connectivity index (χ1n) is 3.96. The van der Waals surface area contributed by atoms with E-state index in [1.165, 1.54) is 0 Å². The monoisotopic (exact) mass is 155 g/mol. The van der Waals surface area contributed by atoms with Crippen LogP contribution in [0.5, 0.6) is 0 Å². The fourth-order valence-electron chi connectivity index (χ4n) is 0.783. The number of likely N-dealkylation sites (N-methyl/N-ethyl adjacent to an activating group) is 1. The molecule has 0 heterocycles. The summed E-state index contributed by atoms with van der Waals surface area (Å²) in [6, 6.07) is -0.0888. The molecule has 0 unspecified atom stereocenters. The van der Waals surface area contributed by atoms with Crippen LogP contribution < -0.4 is 5.32 Å². The van der Waals surface area contributed by atoms with Crippen molar-refractivity contribution in [1.29, 1.82) is 0 Å². The Labute approximate surface area is 69.9 Å². The van der Waals surface area contributed by atoms with Crippen molar-refractivity contribution in [2.75, 3.05) is 7.05 Å². The fraction of sp³-hybridized carbons (Fsp3) is 0.667. The molecule has 2 heteroatoms. The van der Waals surface area contributed by atoms with Gasteiger partial charge < -0.3 is 5.32 Å². The van der Waals surface area contributed by atoms with Gasteiger partial charge in [0.1, 0.15) is 0 Å². The highest BCUT2D eigenvalue weighted by Gasteiger charge is 2.09.